The molecule has 25 heavy (non-hydrogen) atoms. The molecule has 0 aliphatic carbocycles. The van der Waals surface area contributed by atoms with E-state index in [9.17, 15) is 36.2 Å². The molecule has 0 radical (unpaired) electrons. The van der Waals surface area contributed by atoms with Crippen LogP contribution in [-0.2, 0) is 17.1 Å². The van der Waals surface area contributed by atoms with Crippen LogP contribution in [0.1, 0.15) is 37.5 Å². The maximum atomic E-state index is 12.8. The first-order chi connectivity index (χ1) is 11.1. The number of rotatable bonds is 2. The Morgan fingerprint density at radius 2 is 1.36 bits per heavy atom. The Kier molecular flexibility index (Phi) is 5.28. The number of allylic oxidation sites excluding steroid dienone is 1. The van der Waals surface area contributed by atoms with Gasteiger partial charge in [-0.05, 0) is 18.2 Å². The highest BCUT2D eigenvalue weighted by molar-refractivity contribution is 6.07. The van der Waals surface area contributed by atoms with E-state index >= 15 is 0 Å². The fraction of sp³-hybridized carbons (Fsp3) is 0.375. The van der Waals surface area contributed by atoms with Crippen molar-refractivity contribution in [3.8, 4) is 6.07 Å². The van der Waals surface area contributed by atoms with E-state index in [1.807, 2.05) is 0 Å². The van der Waals surface area contributed by atoms with Crippen LogP contribution in [0, 0.1) is 16.7 Å². The van der Waals surface area contributed by atoms with Gasteiger partial charge < -0.3 is 5.11 Å². The summed E-state index contributed by atoms with van der Waals surface area (Å²) in [6, 6.07) is 1.72. The number of aliphatic hydroxyl groups is 1. The molecule has 1 aromatic rings. The number of aliphatic hydroxyl groups excluding tert-OH is 1. The number of nitriles is 1. The Hall–Kier alpha value is -2.50. The Labute approximate surface area is 139 Å². The number of carbonyl (C=O) groups excluding carboxylic acids is 1. The highest BCUT2D eigenvalue weighted by atomic mass is 19.4. The second kappa shape index (κ2) is 6.43. The fourth-order valence-electron chi connectivity index (χ4n) is 1.82. The molecule has 0 aliphatic heterocycles. The molecule has 0 aliphatic rings. The number of nitrogens with zero attached hydrogens (tertiary/aromatic N) is 1. The molecule has 0 saturated heterocycles. The number of halogens is 6. The quantitative estimate of drug-likeness (QED) is 0.342. The Balaban J connectivity index is 3.73. The molecule has 0 unspecified atom stereocenters. The molecular formula is C16H13F6NO2. The van der Waals surface area contributed by atoms with E-state index in [0.29, 0.717) is 0 Å². The molecule has 0 fully saturated rings. The smallest absolute Gasteiger partial charge is 0.416 e. The topological polar surface area (TPSA) is 61.1 Å². The zero-order valence-electron chi connectivity index (χ0n) is 13.3. The molecule has 0 aromatic heterocycles. The van der Waals surface area contributed by atoms with E-state index in [4.69, 9.17) is 5.26 Å². The fourth-order valence-corrected chi connectivity index (χ4v) is 1.82. The highest BCUT2D eigenvalue weighted by Gasteiger charge is 2.38. The van der Waals surface area contributed by atoms with Gasteiger partial charge in [0.2, 0.25) is 0 Å². The van der Waals surface area contributed by atoms with Gasteiger partial charge in [-0.3, -0.25) is 4.79 Å². The van der Waals surface area contributed by atoms with Gasteiger partial charge in [-0.15, -0.1) is 0 Å². The summed E-state index contributed by atoms with van der Waals surface area (Å²) >= 11 is 0. The van der Waals surface area contributed by atoms with E-state index in [-0.39, 0.29) is 18.2 Å². The van der Waals surface area contributed by atoms with E-state index < -0.39 is 51.6 Å². The van der Waals surface area contributed by atoms with Crippen LogP contribution in [0.2, 0.25) is 0 Å². The van der Waals surface area contributed by atoms with Crippen molar-refractivity contribution >= 4 is 11.5 Å². The zero-order valence-corrected chi connectivity index (χ0v) is 13.3. The monoisotopic (exact) mass is 365 g/mol. The standard InChI is InChI=1S/C16H13F6NO2/c1-14(2,3)13(25)11(7-23)12(24)8-4-9(15(17,18)19)6-10(5-8)16(20,21)22/h4-6,24H,1-3H3. The van der Waals surface area contributed by atoms with Crippen LogP contribution in [-0.4, -0.2) is 10.9 Å². The van der Waals surface area contributed by atoms with Crippen LogP contribution in [0.25, 0.3) is 5.76 Å². The second-order valence-electron chi connectivity index (χ2n) is 6.21. The Morgan fingerprint density at radius 1 is 0.960 bits per heavy atom. The molecule has 3 nitrogen and oxygen atoms in total. The SMILES string of the molecule is CC(C)(C)C(=O)C(C#N)=C(O)c1cc(C(F)(F)F)cc(C(F)(F)F)c1. The van der Waals surface area contributed by atoms with Crippen LogP contribution >= 0.6 is 0 Å². The summed E-state index contributed by atoms with van der Waals surface area (Å²) in [5.41, 5.74) is -6.34. The lowest BCUT2D eigenvalue weighted by molar-refractivity contribution is -0.143. The van der Waals surface area contributed by atoms with E-state index in [1.54, 1.807) is 0 Å². The van der Waals surface area contributed by atoms with E-state index in [0.717, 1.165) is 0 Å². The van der Waals surface area contributed by atoms with Gasteiger partial charge in [0.1, 0.15) is 17.4 Å². The van der Waals surface area contributed by atoms with Crippen molar-refractivity contribution in [2.24, 2.45) is 5.41 Å². The van der Waals surface area contributed by atoms with E-state index in [1.165, 1.54) is 26.8 Å². The summed E-state index contributed by atoms with van der Waals surface area (Å²) in [7, 11) is 0. The molecule has 0 saturated carbocycles. The van der Waals surface area contributed by atoms with Gasteiger partial charge in [0.05, 0.1) is 11.1 Å². The first kappa shape index (κ1) is 20.5. The number of ketones is 1. The van der Waals surface area contributed by atoms with Gasteiger partial charge in [0, 0.05) is 11.0 Å². The van der Waals surface area contributed by atoms with E-state index in [2.05, 4.69) is 0 Å². The molecule has 0 heterocycles. The Morgan fingerprint density at radius 3 is 1.64 bits per heavy atom. The zero-order chi connectivity index (χ0) is 19.8. The second-order valence-corrected chi connectivity index (χ2v) is 6.21. The molecule has 0 atom stereocenters. The largest absolute Gasteiger partial charge is 0.506 e. The molecular weight excluding hydrogens is 352 g/mol. The minimum atomic E-state index is -5.11. The predicted molar refractivity (Wildman–Crippen MR) is 76.1 cm³/mol. The van der Waals surface area contributed by atoms with Gasteiger partial charge in [-0.1, -0.05) is 20.8 Å². The van der Waals surface area contributed by atoms with Gasteiger partial charge in [-0.2, -0.15) is 31.6 Å². The van der Waals surface area contributed by atoms with Crippen molar-refractivity contribution in [1.29, 1.82) is 5.26 Å². The average Bonchev–Trinajstić information content (AvgIpc) is 2.44. The average molecular weight is 365 g/mol. The van der Waals surface area contributed by atoms with Gasteiger partial charge in [0.25, 0.3) is 0 Å². The lowest BCUT2D eigenvalue weighted by Gasteiger charge is -2.18. The number of carbonyl (C=O) groups is 1. The summed E-state index contributed by atoms with van der Waals surface area (Å²) in [6.45, 7) is 4.15. The van der Waals surface area contributed by atoms with Crippen LogP contribution in [0.3, 0.4) is 0 Å². The highest BCUT2D eigenvalue weighted by Crippen LogP contribution is 2.38. The lowest BCUT2D eigenvalue weighted by atomic mass is 9.85. The summed E-state index contributed by atoms with van der Waals surface area (Å²) in [5.74, 6) is -2.16. The summed E-state index contributed by atoms with van der Waals surface area (Å²) in [6.07, 6.45) is -10.2. The maximum absolute atomic E-state index is 12.8. The maximum Gasteiger partial charge on any atom is 0.416 e. The molecule has 1 rings (SSSR count). The van der Waals surface area contributed by atoms with Gasteiger partial charge in [-0.25, -0.2) is 0 Å². The number of hydrogen-bond acceptors (Lipinski definition) is 3. The van der Waals surface area contributed by atoms with Crippen LogP contribution < -0.4 is 0 Å². The Bertz CT molecular complexity index is 729. The first-order valence-electron chi connectivity index (χ1n) is 6.77. The molecule has 0 bridgehead atoms. The number of benzene rings is 1. The van der Waals surface area contributed by atoms with Gasteiger partial charge >= 0.3 is 12.4 Å². The first-order valence-corrected chi connectivity index (χ1v) is 6.77. The minimum absolute atomic E-state index is 0.117. The molecule has 136 valence electrons. The van der Waals surface area contributed by atoms with Crippen molar-refractivity contribution in [1.82, 2.24) is 0 Å². The van der Waals surface area contributed by atoms with Crippen molar-refractivity contribution < 1.29 is 36.2 Å². The minimum Gasteiger partial charge on any atom is -0.506 e. The molecule has 0 amide bonds. The summed E-state index contributed by atoms with van der Waals surface area (Å²) in [4.78, 5) is 12.1. The van der Waals surface area contributed by atoms with Crippen molar-refractivity contribution in [2.75, 3.05) is 0 Å². The normalized spacial score (nSPS) is 13.9. The van der Waals surface area contributed by atoms with Crippen molar-refractivity contribution in [3.63, 3.8) is 0 Å². The molecule has 0 spiro atoms. The third-order valence-corrected chi connectivity index (χ3v) is 3.12. The lowest BCUT2D eigenvalue weighted by Crippen LogP contribution is -2.22. The molecule has 1 N–H and O–H groups in total. The van der Waals surface area contributed by atoms with Crippen LogP contribution in [0.5, 0.6) is 0 Å². The van der Waals surface area contributed by atoms with Crippen molar-refractivity contribution in [2.45, 2.75) is 33.1 Å². The molecule has 1 aromatic carbocycles. The number of Topliss-reactive ketones (excluding diaryl/α,β-unsaturated/α-hetero) is 1. The number of hydrogen-bond donors (Lipinski definition) is 1. The van der Waals surface area contributed by atoms with Crippen LogP contribution in [0.4, 0.5) is 26.3 Å². The van der Waals surface area contributed by atoms with Crippen molar-refractivity contribution in [3.05, 3.63) is 40.5 Å². The third-order valence-electron chi connectivity index (χ3n) is 3.12. The number of alkyl halides is 6. The third kappa shape index (κ3) is 4.75. The van der Waals surface area contributed by atoms with Gasteiger partial charge in [0.15, 0.2) is 5.78 Å². The summed E-state index contributed by atoms with van der Waals surface area (Å²) < 4.78 is 77.0. The predicted octanol–water partition coefficient (Wildman–Crippen LogP) is 5.13. The van der Waals surface area contributed by atoms with Crippen LogP contribution in [0.15, 0.2) is 23.8 Å². The molecule has 9 heteroatoms. The summed E-state index contributed by atoms with van der Waals surface area (Å²) in [5, 5.41) is 19.0.